The largest absolute Gasteiger partial charge is 0.494 e. The van der Waals surface area contributed by atoms with E-state index in [1.807, 2.05) is 30.3 Å². The Morgan fingerprint density at radius 1 is 1.33 bits per heavy atom. The Kier molecular flexibility index (Phi) is 5.04. The number of benzene rings is 1. The molecule has 1 aliphatic heterocycles. The van der Waals surface area contributed by atoms with Crippen molar-refractivity contribution in [2.75, 3.05) is 19.7 Å². The zero-order valence-corrected chi connectivity index (χ0v) is 13.9. The molecule has 1 aromatic carbocycles. The van der Waals surface area contributed by atoms with E-state index in [-0.39, 0.29) is 18.5 Å². The number of hydrogen-bond acceptors (Lipinski definition) is 4. The van der Waals surface area contributed by atoms with Gasteiger partial charge < -0.3 is 20.1 Å². The fraction of sp³-hybridized carbons (Fsp3) is 0.556. The van der Waals surface area contributed by atoms with Crippen LogP contribution < -0.4 is 10.1 Å². The number of amides is 1. The molecule has 1 saturated heterocycles. The molecule has 6 nitrogen and oxygen atoms in total. The van der Waals surface area contributed by atoms with Gasteiger partial charge >= 0.3 is 5.97 Å². The second kappa shape index (κ2) is 7.21. The minimum Gasteiger partial charge on any atom is -0.494 e. The first kappa shape index (κ1) is 16.8. The molecule has 0 radical (unpaired) electrons. The van der Waals surface area contributed by atoms with Crippen molar-refractivity contribution in [1.82, 2.24) is 10.2 Å². The van der Waals surface area contributed by atoms with Crippen LogP contribution in [0.1, 0.15) is 19.8 Å². The number of fused-ring (bicyclic) bond motifs is 1. The van der Waals surface area contributed by atoms with E-state index in [4.69, 9.17) is 4.74 Å². The van der Waals surface area contributed by atoms with Crippen molar-refractivity contribution in [2.45, 2.75) is 31.8 Å². The number of nitrogens with one attached hydrogen (secondary N) is 1. The average Bonchev–Trinajstić information content (AvgIpc) is 3.03. The Hall–Kier alpha value is -2.08. The Bertz CT molecular complexity index is 592. The Morgan fingerprint density at radius 2 is 2.08 bits per heavy atom. The Morgan fingerprint density at radius 3 is 2.79 bits per heavy atom. The topological polar surface area (TPSA) is 78.9 Å². The van der Waals surface area contributed by atoms with Crippen LogP contribution in [0.3, 0.4) is 0 Å². The number of likely N-dealkylation sites (tertiary alicyclic amines) is 1. The molecule has 0 spiro atoms. The van der Waals surface area contributed by atoms with Crippen LogP contribution in [-0.2, 0) is 9.59 Å². The van der Waals surface area contributed by atoms with E-state index >= 15 is 0 Å². The van der Waals surface area contributed by atoms with Gasteiger partial charge in [-0.05, 0) is 43.4 Å². The minimum atomic E-state index is -0.890. The number of para-hydroxylation sites is 1. The first-order chi connectivity index (χ1) is 11.6. The number of carboxylic acid groups (broad SMARTS) is 1. The fourth-order valence-corrected chi connectivity index (χ4v) is 3.67. The van der Waals surface area contributed by atoms with Crippen LogP contribution in [0.2, 0.25) is 0 Å². The van der Waals surface area contributed by atoms with Crippen LogP contribution in [0.4, 0.5) is 0 Å². The van der Waals surface area contributed by atoms with E-state index in [0.29, 0.717) is 31.4 Å². The van der Waals surface area contributed by atoms with Crippen molar-refractivity contribution in [1.29, 1.82) is 0 Å². The number of piperidine rings is 1. The Labute approximate surface area is 141 Å². The summed E-state index contributed by atoms with van der Waals surface area (Å²) in [7, 11) is 0. The van der Waals surface area contributed by atoms with Gasteiger partial charge in [-0.1, -0.05) is 25.1 Å². The molecule has 24 heavy (non-hydrogen) atoms. The van der Waals surface area contributed by atoms with Gasteiger partial charge in [-0.15, -0.1) is 0 Å². The molecule has 1 heterocycles. The predicted octanol–water partition coefficient (Wildman–Crippen LogP) is 1.37. The highest BCUT2D eigenvalue weighted by Crippen LogP contribution is 2.53. The third kappa shape index (κ3) is 3.53. The van der Waals surface area contributed by atoms with Gasteiger partial charge in [0.05, 0.1) is 13.2 Å². The number of nitrogens with zero attached hydrogens (tertiary/aromatic N) is 1. The number of aliphatic carboxylic acids is 1. The standard InChI is InChI=1S/C18H24N2O4/c1-12-14-10-15(18(22)23)20(17(12)14)16(21)11-19-8-5-9-24-13-6-3-2-4-7-13/h2-4,6-7,12,14-15,17,19H,5,8-11H2,1H3,(H,22,23). The second-order valence-electron chi connectivity index (χ2n) is 6.60. The summed E-state index contributed by atoms with van der Waals surface area (Å²) in [4.78, 5) is 25.3. The zero-order valence-electron chi connectivity index (χ0n) is 13.9. The number of carbonyl (C=O) groups excluding carboxylic acids is 1. The molecule has 0 bridgehead atoms. The quantitative estimate of drug-likeness (QED) is 0.703. The first-order valence-electron chi connectivity index (χ1n) is 8.52. The third-order valence-electron chi connectivity index (χ3n) is 5.02. The SMILES string of the molecule is CC1C2CC(C(=O)O)N(C(=O)CNCCCOc3ccccc3)C12. The van der Waals surface area contributed by atoms with Crippen molar-refractivity contribution >= 4 is 11.9 Å². The number of ether oxygens (including phenoxy) is 1. The van der Waals surface area contributed by atoms with Crippen molar-refractivity contribution in [3.05, 3.63) is 30.3 Å². The summed E-state index contributed by atoms with van der Waals surface area (Å²) in [5, 5.41) is 12.4. The lowest BCUT2D eigenvalue weighted by atomic mass is 10.1. The molecule has 2 fully saturated rings. The van der Waals surface area contributed by atoms with Crippen LogP contribution in [-0.4, -0.2) is 53.7 Å². The Balaban J connectivity index is 1.36. The molecular weight excluding hydrogens is 308 g/mol. The van der Waals surface area contributed by atoms with Gasteiger partial charge in [0.2, 0.25) is 5.91 Å². The molecule has 1 aliphatic carbocycles. The normalized spacial score (nSPS) is 27.6. The number of carboxylic acids is 1. The van der Waals surface area contributed by atoms with Gasteiger partial charge in [-0.25, -0.2) is 4.79 Å². The summed E-state index contributed by atoms with van der Waals surface area (Å²) in [6, 6.07) is 9.08. The van der Waals surface area contributed by atoms with Crippen molar-refractivity contribution in [2.24, 2.45) is 11.8 Å². The minimum absolute atomic E-state index is 0.108. The highest BCUT2D eigenvalue weighted by Gasteiger charge is 2.61. The summed E-state index contributed by atoms with van der Waals surface area (Å²) in [5.41, 5.74) is 0. The van der Waals surface area contributed by atoms with Crippen molar-refractivity contribution in [3.8, 4) is 5.75 Å². The van der Waals surface area contributed by atoms with Crippen LogP contribution in [0.15, 0.2) is 30.3 Å². The van der Waals surface area contributed by atoms with Gasteiger partial charge in [0, 0.05) is 6.04 Å². The molecular formula is C18H24N2O4. The monoisotopic (exact) mass is 332 g/mol. The van der Waals surface area contributed by atoms with Gasteiger partial charge in [0.1, 0.15) is 11.8 Å². The summed E-state index contributed by atoms with van der Waals surface area (Å²) >= 11 is 0. The third-order valence-corrected chi connectivity index (χ3v) is 5.02. The van der Waals surface area contributed by atoms with Crippen molar-refractivity contribution < 1.29 is 19.4 Å². The lowest BCUT2D eigenvalue weighted by molar-refractivity contribution is -0.149. The fourth-order valence-electron chi connectivity index (χ4n) is 3.67. The summed E-state index contributed by atoms with van der Waals surface area (Å²) < 4.78 is 5.59. The van der Waals surface area contributed by atoms with Crippen LogP contribution in [0.25, 0.3) is 0 Å². The lowest BCUT2D eigenvalue weighted by Crippen LogP contribution is -2.47. The van der Waals surface area contributed by atoms with Gasteiger partial charge in [0.15, 0.2) is 0 Å². The van der Waals surface area contributed by atoms with E-state index < -0.39 is 12.0 Å². The maximum Gasteiger partial charge on any atom is 0.326 e. The van der Waals surface area contributed by atoms with E-state index in [1.54, 1.807) is 4.90 Å². The molecule has 1 saturated carbocycles. The zero-order chi connectivity index (χ0) is 17.1. The van der Waals surface area contributed by atoms with Crippen molar-refractivity contribution in [3.63, 3.8) is 0 Å². The molecule has 6 heteroatoms. The maximum absolute atomic E-state index is 12.4. The molecule has 2 aliphatic rings. The number of carbonyl (C=O) groups is 2. The molecule has 0 aromatic heterocycles. The molecule has 1 amide bonds. The second-order valence-corrected chi connectivity index (χ2v) is 6.60. The highest BCUT2D eigenvalue weighted by atomic mass is 16.5. The van der Waals surface area contributed by atoms with Gasteiger partial charge in [-0.3, -0.25) is 4.79 Å². The van der Waals surface area contributed by atoms with E-state index in [1.165, 1.54) is 0 Å². The lowest BCUT2D eigenvalue weighted by Gasteiger charge is -2.25. The van der Waals surface area contributed by atoms with Gasteiger partial charge in [-0.2, -0.15) is 0 Å². The number of rotatable bonds is 8. The van der Waals surface area contributed by atoms with E-state index in [0.717, 1.165) is 12.2 Å². The van der Waals surface area contributed by atoms with E-state index in [2.05, 4.69) is 12.2 Å². The summed E-state index contributed by atoms with van der Waals surface area (Å²) in [6.07, 6.45) is 1.38. The highest BCUT2D eigenvalue weighted by molar-refractivity contribution is 5.86. The molecule has 2 N–H and O–H groups in total. The predicted molar refractivity (Wildman–Crippen MR) is 88.8 cm³/mol. The average molecular weight is 332 g/mol. The first-order valence-corrected chi connectivity index (χ1v) is 8.52. The molecule has 4 atom stereocenters. The summed E-state index contributed by atoms with van der Waals surface area (Å²) in [6.45, 7) is 3.51. The van der Waals surface area contributed by atoms with Crippen LogP contribution in [0, 0.1) is 11.8 Å². The number of hydrogen-bond donors (Lipinski definition) is 2. The summed E-state index contributed by atoms with van der Waals surface area (Å²) in [5.74, 6) is 0.643. The molecule has 1 aromatic rings. The maximum atomic E-state index is 12.4. The van der Waals surface area contributed by atoms with Crippen LogP contribution in [0.5, 0.6) is 5.75 Å². The molecule has 3 rings (SSSR count). The van der Waals surface area contributed by atoms with E-state index in [9.17, 15) is 14.7 Å². The van der Waals surface area contributed by atoms with Crippen LogP contribution >= 0.6 is 0 Å². The molecule has 130 valence electrons. The van der Waals surface area contributed by atoms with Gasteiger partial charge in [0.25, 0.3) is 0 Å². The molecule has 4 unspecified atom stereocenters. The smallest absolute Gasteiger partial charge is 0.326 e.